The minimum Gasteiger partial charge on any atom is -0.468 e. The molecule has 3 N–H and O–H groups in total. The van der Waals surface area contributed by atoms with E-state index in [1.54, 1.807) is 18.2 Å². The fourth-order valence-electron chi connectivity index (χ4n) is 1.40. The molecule has 0 heterocycles. The molecule has 21 heavy (non-hydrogen) atoms. The molecule has 1 amide bonds. The predicted octanol–water partition coefficient (Wildman–Crippen LogP) is 2.56. The predicted molar refractivity (Wildman–Crippen MR) is 87.0 cm³/mol. The molecule has 1 rings (SSSR count). The molecular weight excluding hydrogens is 335 g/mol. The second-order valence-electron chi connectivity index (χ2n) is 4.13. The van der Waals surface area contributed by atoms with Crippen molar-refractivity contribution in [3.63, 3.8) is 0 Å². The van der Waals surface area contributed by atoms with Crippen LogP contribution in [0, 0.1) is 0 Å². The normalized spacial score (nSPS) is 11.8. The number of halogens is 2. The molecule has 5 nitrogen and oxygen atoms in total. The second kappa shape index (κ2) is 9.15. The van der Waals surface area contributed by atoms with E-state index < -0.39 is 12.0 Å². The van der Waals surface area contributed by atoms with Crippen LogP contribution in [0.2, 0.25) is 10.0 Å². The number of amides is 1. The van der Waals surface area contributed by atoms with E-state index in [4.69, 9.17) is 28.9 Å². The van der Waals surface area contributed by atoms with Crippen molar-refractivity contribution < 1.29 is 14.3 Å². The number of methoxy groups -OCH3 is 1. The Labute approximate surface area is 137 Å². The summed E-state index contributed by atoms with van der Waals surface area (Å²) in [4.78, 5) is 22.8. The molecule has 0 aliphatic heterocycles. The summed E-state index contributed by atoms with van der Waals surface area (Å²) in [6.45, 7) is 0. The van der Waals surface area contributed by atoms with Crippen molar-refractivity contribution in [2.45, 2.75) is 12.5 Å². The molecule has 1 aromatic carbocycles. The molecule has 116 valence electrons. The number of anilines is 1. The first-order valence-corrected chi connectivity index (χ1v) is 8.01. The van der Waals surface area contributed by atoms with Gasteiger partial charge in [-0.1, -0.05) is 23.2 Å². The minimum absolute atomic E-state index is 0.182. The van der Waals surface area contributed by atoms with E-state index in [2.05, 4.69) is 10.1 Å². The van der Waals surface area contributed by atoms with Crippen LogP contribution in [0.1, 0.15) is 6.42 Å². The summed E-state index contributed by atoms with van der Waals surface area (Å²) in [7, 11) is 1.29. The zero-order valence-corrected chi connectivity index (χ0v) is 13.7. The van der Waals surface area contributed by atoms with Crippen molar-refractivity contribution in [1.82, 2.24) is 0 Å². The number of nitrogens with two attached hydrogens (primary N) is 1. The van der Waals surface area contributed by atoms with Crippen molar-refractivity contribution in [2.24, 2.45) is 5.73 Å². The summed E-state index contributed by atoms with van der Waals surface area (Å²) in [5.74, 6) is 0.294. The van der Waals surface area contributed by atoms with Gasteiger partial charge in [-0.25, -0.2) is 0 Å². The van der Waals surface area contributed by atoms with Crippen molar-refractivity contribution in [3.05, 3.63) is 28.2 Å². The number of benzene rings is 1. The van der Waals surface area contributed by atoms with E-state index in [1.807, 2.05) is 0 Å². The summed E-state index contributed by atoms with van der Waals surface area (Å²) in [6.07, 6.45) is 0.279. The topological polar surface area (TPSA) is 81.4 Å². The molecule has 0 bridgehead atoms. The Morgan fingerprint density at radius 1 is 1.43 bits per heavy atom. The lowest BCUT2D eigenvalue weighted by atomic mass is 10.3. The molecule has 1 aromatic rings. The number of rotatable bonds is 7. The largest absolute Gasteiger partial charge is 0.468 e. The molecule has 0 spiro atoms. The van der Waals surface area contributed by atoms with Crippen molar-refractivity contribution in [1.29, 1.82) is 0 Å². The maximum Gasteiger partial charge on any atom is 0.323 e. The summed E-state index contributed by atoms with van der Waals surface area (Å²) in [5.41, 5.74) is 6.05. The summed E-state index contributed by atoms with van der Waals surface area (Å²) < 4.78 is 4.51. The Kier molecular flexibility index (Phi) is 7.88. The highest BCUT2D eigenvalue weighted by Gasteiger charge is 2.13. The highest BCUT2D eigenvalue weighted by Crippen LogP contribution is 2.25. The molecule has 0 radical (unpaired) electrons. The third-order valence-corrected chi connectivity index (χ3v) is 4.13. The van der Waals surface area contributed by atoms with E-state index in [0.29, 0.717) is 27.2 Å². The highest BCUT2D eigenvalue weighted by atomic mass is 35.5. The molecule has 0 saturated heterocycles. The number of carbonyl (C=O) groups excluding carboxylic acids is 2. The van der Waals surface area contributed by atoms with Gasteiger partial charge in [0.2, 0.25) is 5.91 Å². The monoisotopic (exact) mass is 350 g/mol. The van der Waals surface area contributed by atoms with Gasteiger partial charge in [-0.15, -0.1) is 0 Å². The zero-order valence-electron chi connectivity index (χ0n) is 11.4. The maximum absolute atomic E-state index is 11.8. The van der Waals surface area contributed by atoms with Gasteiger partial charge in [0.05, 0.1) is 17.8 Å². The van der Waals surface area contributed by atoms with Crippen LogP contribution in [0.3, 0.4) is 0 Å². The van der Waals surface area contributed by atoms with E-state index >= 15 is 0 Å². The molecule has 0 aromatic heterocycles. The summed E-state index contributed by atoms with van der Waals surface area (Å²) in [5, 5.41) is 3.60. The van der Waals surface area contributed by atoms with Crippen LogP contribution in [0.5, 0.6) is 0 Å². The number of hydrogen-bond donors (Lipinski definition) is 2. The average molecular weight is 351 g/mol. The lowest BCUT2D eigenvalue weighted by Crippen LogP contribution is -2.34. The van der Waals surface area contributed by atoms with E-state index in [0.717, 1.165) is 0 Å². The highest BCUT2D eigenvalue weighted by molar-refractivity contribution is 7.99. The molecular formula is C13H16Cl2N2O3S. The van der Waals surface area contributed by atoms with Gasteiger partial charge in [0.1, 0.15) is 6.04 Å². The molecule has 0 aliphatic rings. The Balaban J connectivity index is 2.32. The Morgan fingerprint density at radius 3 is 2.81 bits per heavy atom. The van der Waals surface area contributed by atoms with Gasteiger partial charge in [0.15, 0.2) is 0 Å². The second-order valence-corrected chi connectivity index (χ2v) is 6.12. The number of carbonyl (C=O) groups is 2. The SMILES string of the molecule is COC(=O)C(N)CSCCC(=O)Nc1cc(Cl)ccc1Cl. The molecule has 1 atom stereocenters. The van der Waals surface area contributed by atoms with Gasteiger partial charge in [-0.2, -0.15) is 11.8 Å². The van der Waals surface area contributed by atoms with Crippen molar-refractivity contribution in [2.75, 3.05) is 23.9 Å². The van der Waals surface area contributed by atoms with Crippen molar-refractivity contribution in [3.8, 4) is 0 Å². The molecule has 0 aliphatic carbocycles. The average Bonchev–Trinajstić information content (AvgIpc) is 2.46. The third-order valence-electron chi connectivity index (χ3n) is 2.48. The van der Waals surface area contributed by atoms with Crippen LogP contribution < -0.4 is 11.1 Å². The fraction of sp³-hybridized carbons (Fsp3) is 0.385. The lowest BCUT2D eigenvalue weighted by molar-refractivity contribution is -0.141. The fourth-order valence-corrected chi connectivity index (χ4v) is 2.62. The third kappa shape index (κ3) is 6.56. The van der Waals surface area contributed by atoms with Gasteiger partial charge in [-0.05, 0) is 18.2 Å². The summed E-state index contributed by atoms with van der Waals surface area (Å²) in [6, 6.07) is 4.17. The Bertz CT molecular complexity index is 514. The molecule has 0 fully saturated rings. The van der Waals surface area contributed by atoms with Crippen LogP contribution in [-0.4, -0.2) is 36.5 Å². The quantitative estimate of drug-likeness (QED) is 0.583. The number of nitrogens with one attached hydrogen (secondary N) is 1. The van der Waals surface area contributed by atoms with Crippen molar-refractivity contribution >= 4 is 52.5 Å². The zero-order chi connectivity index (χ0) is 15.8. The van der Waals surface area contributed by atoms with E-state index in [-0.39, 0.29) is 12.3 Å². The first kappa shape index (κ1) is 18.1. The van der Waals surface area contributed by atoms with Gasteiger partial charge in [0, 0.05) is 22.9 Å². The number of hydrogen-bond acceptors (Lipinski definition) is 5. The smallest absolute Gasteiger partial charge is 0.323 e. The van der Waals surface area contributed by atoms with Crippen LogP contribution in [-0.2, 0) is 14.3 Å². The Hall–Kier alpha value is -0.950. The standard InChI is InChI=1S/C13H16Cl2N2O3S/c1-20-13(19)10(16)7-21-5-4-12(18)17-11-6-8(14)2-3-9(11)15/h2-3,6,10H,4-5,7,16H2,1H3,(H,17,18). The van der Waals surface area contributed by atoms with E-state index in [1.165, 1.54) is 18.9 Å². The van der Waals surface area contributed by atoms with Gasteiger partial charge < -0.3 is 15.8 Å². The van der Waals surface area contributed by atoms with Crippen LogP contribution in [0.25, 0.3) is 0 Å². The molecule has 1 unspecified atom stereocenters. The number of ether oxygens (including phenoxy) is 1. The van der Waals surface area contributed by atoms with Crippen LogP contribution >= 0.6 is 35.0 Å². The van der Waals surface area contributed by atoms with Gasteiger partial charge >= 0.3 is 5.97 Å². The maximum atomic E-state index is 11.8. The molecule has 8 heteroatoms. The van der Waals surface area contributed by atoms with Gasteiger partial charge in [-0.3, -0.25) is 9.59 Å². The summed E-state index contributed by atoms with van der Waals surface area (Å²) >= 11 is 13.2. The lowest BCUT2D eigenvalue weighted by Gasteiger charge is -2.09. The van der Waals surface area contributed by atoms with Crippen LogP contribution in [0.15, 0.2) is 18.2 Å². The first-order chi connectivity index (χ1) is 9.93. The molecule has 0 saturated carbocycles. The first-order valence-electron chi connectivity index (χ1n) is 6.10. The Morgan fingerprint density at radius 2 is 2.14 bits per heavy atom. The number of thioether (sulfide) groups is 1. The van der Waals surface area contributed by atoms with Gasteiger partial charge in [0.25, 0.3) is 0 Å². The van der Waals surface area contributed by atoms with E-state index in [9.17, 15) is 9.59 Å². The minimum atomic E-state index is -0.676. The number of esters is 1. The van der Waals surface area contributed by atoms with Crippen LogP contribution in [0.4, 0.5) is 5.69 Å².